The number of carbonyl (C=O) groups is 1. The van der Waals surface area contributed by atoms with Crippen molar-refractivity contribution in [1.29, 1.82) is 0 Å². The summed E-state index contributed by atoms with van der Waals surface area (Å²) in [6.45, 7) is 5.24. The fraction of sp³-hybridized carbons (Fsp3) is 0.364. The van der Waals surface area contributed by atoms with Crippen LogP contribution >= 0.6 is 11.6 Å². The summed E-state index contributed by atoms with van der Waals surface area (Å²) in [5.41, 5.74) is 2.32. The Labute approximate surface area is 175 Å². The van der Waals surface area contributed by atoms with Crippen LogP contribution in [0.25, 0.3) is 11.0 Å². The van der Waals surface area contributed by atoms with E-state index in [-0.39, 0.29) is 5.91 Å². The molecule has 7 heteroatoms. The molecule has 2 N–H and O–H groups in total. The number of para-hydroxylation sites is 2. The number of methoxy groups -OCH3 is 1. The minimum atomic E-state index is -0.227. The van der Waals surface area contributed by atoms with Crippen LogP contribution in [0.2, 0.25) is 5.02 Å². The van der Waals surface area contributed by atoms with Gasteiger partial charge >= 0.3 is 0 Å². The van der Waals surface area contributed by atoms with Crippen LogP contribution in [0, 0.1) is 5.92 Å². The number of nitrogens with zero attached hydrogens (tertiary/aromatic N) is 1. The van der Waals surface area contributed by atoms with Gasteiger partial charge in [-0.1, -0.05) is 37.6 Å². The number of fused-ring (bicyclic) bond motifs is 1. The molecule has 29 heavy (non-hydrogen) atoms. The molecule has 154 valence electrons. The van der Waals surface area contributed by atoms with E-state index in [9.17, 15) is 4.79 Å². The molecule has 1 heterocycles. The molecule has 0 unspecified atom stereocenters. The lowest BCUT2D eigenvalue weighted by molar-refractivity contribution is 0.0953. The zero-order valence-corrected chi connectivity index (χ0v) is 17.7. The molecule has 0 aliphatic rings. The lowest BCUT2D eigenvalue weighted by Gasteiger charge is -2.15. The van der Waals surface area contributed by atoms with Gasteiger partial charge < -0.3 is 19.8 Å². The van der Waals surface area contributed by atoms with E-state index in [1.54, 1.807) is 12.1 Å². The predicted molar refractivity (Wildman–Crippen MR) is 115 cm³/mol. The summed E-state index contributed by atoms with van der Waals surface area (Å²) in [5.74, 6) is 2.04. The number of rotatable bonds is 9. The molecule has 3 aromatic rings. The van der Waals surface area contributed by atoms with E-state index < -0.39 is 0 Å². The highest BCUT2D eigenvalue weighted by Gasteiger charge is 2.16. The SMILES string of the molecule is COc1cc(C(=O)NCCc2nc3ccccc3[nH]2)cc(Cl)c1OCCC(C)C. The number of amides is 1. The maximum absolute atomic E-state index is 12.5. The molecular formula is C22H26ClN3O3. The van der Waals surface area contributed by atoms with Gasteiger partial charge in [-0.15, -0.1) is 0 Å². The molecule has 0 aliphatic carbocycles. The van der Waals surface area contributed by atoms with Crippen molar-refractivity contribution in [3.63, 3.8) is 0 Å². The van der Waals surface area contributed by atoms with Gasteiger partial charge in [0, 0.05) is 18.5 Å². The number of hydrogen-bond acceptors (Lipinski definition) is 4. The molecule has 0 atom stereocenters. The first-order chi connectivity index (χ1) is 14.0. The first kappa shape index (κ1) is 21.0. The number of H-pyrrole nitrogens is 1. The number of benzene rings is 2. The highest BCUT2D eigenvalue weighted by atomic mass is 35.5. The molecule has 0 radical (unpaired) electrons. The summed E-state index contributed by atoms with van der Waals surface area (Å²) in [7, 11) is 1.53. The standard InChI is InChI=1S/C22H26ClN3O3/c1-14(2)9-11-29-21-16(23)12-15(13-19(21)28-3)22(27)24-10-8-20-25-17-6-4-5-7-18(17)26-20/h4-7,12-14H,8-11H2,1-3H3,(H,24,27)(H,25,26). The van der Waals surface area contributed by atoms with Gasteiger partial charge in [0.1, 0.15) is 5.82 Å². The van der Waals surface area contributed by atoms with Crippen LogP contribution in [-0.4, -0.2) is 36.1 Å². The van der Waals surface area contributed by atoms with Crippen molar-refractivity contribution in [3.05, 3.63) is 52.8 Å². The van der Waals surface area contributed by atoms with Crippen LogP contribution in [0.1, 0.15) is 36.5 Å². The molecule has 0 bridgehead atoms. The molecule has 1 amide bonds. The summed E-state index contributed by atoms with van der Waals surface area (Å²) in [5, 5.41) is 3.25. The van der Waals surface area contributed by atoms with Gasteiger partial charge in [-0.3, -0.25) is 4.79 Å². The lowest BCUT2D eigenvalue weighted by atomic mass is 10.1. The molecule has 0 spiro atoms. The lowest BCUT2D eigenvalue weighted by Crippen LogP contribution is -2.26. The Balaban J connectivity index is 1.61. The Kier molecular flexibility index (Phi) is 6.99. The van der Waals surface area contributed by atoms with Crippen molar-refractivity contribution in [1.82, 2.24) is 15.3 Å². The molecule has 0 saturated carbocycles. The molecular weight excluding hydrogens is 390 g/mol. The quantitative estimate of drug-likeness (QED) is 0.534. The van der Waals surface area contributed by atoms with Gasteiger partial charge in [-0.2, -0.15) is 0 Å². The van der Waals surface area contributed by atoms with Gasteiger partial charge in [-0.05, 0) is 36.6 Å². The van der Waals surface area contributed by atoms with E-state index in [1.165, 1.54) is 7.11 Å². The van der Waals surface area contributed by atoms with E-state index in [0.717, 1.165) is 23.3 Å². The average molecular weight is 416 g/mol. The van der Waals surface area contributed by atoms with Crippen molar-refractivity contribution >= 4 is 28.5 Å². The molecule has 6 nitrogen and oxygen atoms in total. The highest BCUT2D eigenvalue weighted by molar-refractivity contribution is 6.32. The third-order valence-corrected chi connectivity index (χ3v) is 4.80. The monoisotopic (exact) mass is 415 g/mol. The Hall–Kier alpha value is -2.73. The second-order valence-corrected chi connectivity index (χ2v) is 7.63. The number of carbonyl (C=O) groups excluding carboxylic acids is 1. The Morgan fingerprint density at radius 2 is 2.07 bits per heavy atom. The van der Waals surface area contributed by atoms with Crippen LogP contribution in [0.5, 0.6) is 11.5 Å². The number of aromatic amines is 1. The molecule has 0 aliphatic heterocycles. The van der Waals surface area contributed by atoms with Gasteiger partial charge in [0.2, 0.25) is 0 Å². The minimum Gasteiger partial charge on any atom is -0.493 e. The topological polar surface area (TPSA) is 76.2 Å². The second kappa shape index (κ2) is 9.65. The Morgan fingerprint density at radius 1 is 1.28 bits per heavy atom. The average Bonchev–Trinajstić information content (AvgIpc) is 3.11. The van der Waals surface area contributed by atoms with Crippen LogP contribution < -0.4 is 14.8 Å². The van der Waals surface area contributed by atoms with Gasteiger partial charge in [0.05, 0.1) is 29.8 Å². The van der Waals surface area contributed by atoms with Crippen LogP contribution in [0.15, 0.2) is 36.4 Å². The number of imidazole rings is 1. The fourth-order valence-corrected chi connectivity index (χ4v) is 3.17. The summed E-state index contributed by atoms with van der Waals surface area (Å²) in [6.07, 6.45) is 1.51. The summed E-state index contributed by atoms with van der Waals surface area (Å²) in [6, 6.07) is 11.1. The minimum absolute atomic E-state index is 0.227. The third kappa shape index (κ3) is 5.41. The maximum Gasteiger partial charge on any atom is 0.251 e. The van der Waals surface area contributed by atoms with E-state index in [1.807, 2.05) is 24.3 Å². The van der Waals surface area contributed by atoms with Gasteiger partial charge in [-0.25, -0.2) is 4.98 Å². The summed E-state index contributed by atoms with van der Waals surface area (Å²) < 4.78 is 11.1. The second-order valence-electron chi connectivity index (χ2n) is 7.23. The van der Waals surface area contributed by atoms with Crippen molar-refractivity contribution in [2.45, 2.75) is 26.7 Å². The van der Waals surface area contributed by atoms with Crippen molar-refractivity contribution in [2.24, 2.45) is 5.92 Å². The zero-order valence-electron chi connectivity index (χ0n) is 16.9. The van der Waals surface area contributed by atoms with Crippen LogP contribution in [-0.2, 0) is 6.42 Å². The molecule has 2 aromatic carbocycles. The number of ether oxygens (including phenoxy) is 2. The largest absolute Gasteiger partial charge is 0.493 e. The number of nitrogens with one attached hydrogen (secondary N) is 2. The van der Waals surface area contributed by atoms with Gasteiger partial charge in [0.25, 0.3) is 5.91 Å². The Bertz CT molecular complexity index is 952. The fourth-order valence-electron chi connectivity index (χ4n) is 2.91. The molecule has 0 saturated heterocycles. The third-order valence-electron chi connectivity index (χ3n) is 4.52. The maximum atomic E-state index is 12.5. The van der Waals surface area contributed by atoms with Crippen molar-refractivity contribution in [3.8, 4) is 11.5 Å². The van der Waals surface area contributed by atoms with E-state index in [0.29, 0.717) is 47.6 Å². The number of hydrogen-bond donors (Lipinski definition) is 2. The first-order valence-corrected chi connectivity index (χ1v) is 10.1. The summed E-state index contributed by atoms with van der Waals surface area (Å²) >= 11 is 6.35. The Morgan fingerprint density at radius 3 is 2.79 bits per heavy atom. The van der Waals surface area contributed by atoms with Crippen molar-refractivity contribution in [2.75, 3.05) is 20.3 Å². The van der Waals surface area contributed by atoms with E-state index in [4.69, 9.17) is 21.1 Å². The van der Waals surface area contributed by atoms with Crippen LogP contribution in [0.3, 0.4) is 0 Å². The van der Waals surface area contributed by atoms with E-state index >= 15 is 0 Å². The zero-order chi connectivity index (χ0) is 20.8. The molecule has 0 fully saturated rings. The first-order valence-electron chi connectivity index (χ1n) is 9.70. The van der Waals surface area contributed by atoms with E-state index in [2.05, 4.69) is 29.1 Å². The normalized spacial score (nSPS) is 11.1. The van der Waals surface area contributed by atoms with Gasteiger partial charge in [0.15, 0.2) is 11.5 Å². The smallest absolute Gasteiger partial charge is 0.251 e. The molecule has 3 rings (SSSR count). The predicted octanol–water partition coefficient (Wildman–Crippen LogP) is 4.62. The highest BCUT2D eigenvalue weighted by Crippen LogP contribution is 2.36. The number of aromatic nitrogens is 2. The summed E-state index contributed by atoms with van der Waals surface area (Å²) in [4.78, 5) is 20.3. The molecule has 1 aromatic heterocycles. The number of halogens is 1. The van der Waals surface area contributed by atoms with Crippen molar-refractivity contribution < 1.29 is 14.3 Å². The van der Waals surface area contributed by atoms with Crippen LogP contribution in [0.4, 0.5) is 0 Å².